The van der Waals surface area contributed by atoms with Gasteiger partial charge in [0.15, 0.2) is 0 Å². The molecule has 150 valence electrons. The van der Waals surface area contributed by atoms with Gasteiger partial charge in [-0.2, -0.15) is 0 Å². The Hall–Kier alpha value is -3.11. The van der Waals surface area contributed by atoms with Crippen molar-refractivity contribution in [3.05, 3.63) is 89.2 Å². The molecule has 0 radical (unpaired) electrons. The van der Waals surface area contributed by atoms with Gasteiger partial charge in [-0.3, -0.25) is 9.78 Å². The number of carbonyl (C=O) groups excluding carboxylic acids is 1. The summed E-state index contributed by atoms with van der Waals surface area (Å²) in [5.41, 5.74) is 4.74. The number of aromatic amines is 1. The molecule has 1 atom stereocenters. The summed E-state index contributed by atoms with van der Waals surface area (Å²) in [6.45, 7) is 1.48. The molecule has 0 spiro atoms. The highest BCUT2D eigenvalue weighted by atomic mass is 35.5. The fraction of sp³-hybridized carbons (Fsp3) is 0.200. The van der Waals surface area contributed by atoms with E-state index < -0.39 is 0 Å². The molecule has 2 aromatic carbocycles. The summed E-state index contributed by atoms with van der Waals surface area (Å²) in [6, 6.07) is 21.7. The molecule has 1 aliphatic heterocycles. The number of pyridine rings is 1. The van der Waals surface area contributed by atoms with Gasteiger partial charge in [-0.15, -0.1) is 0 Å². The minimum Gasteiger partial charge on any atom is -0.361 e. The summed E-state index contributed by atoms with van der Waals surface area (Å²) in [6.07, 6.45) is 3.91. The third kappa shape index (κ3) is 3.71. The third-order valence-corrected chi connectivity index (χ3v) is 6.05. The molecule has 0 saturated carbocycles. The molecule has 1 fully saturated rings. The van der Waals surface area contributed by atoms with Crippen LogP contribution in [0.4, 0.5) is 0 Å². The lowest BCUT2D eigenvalue weighted by atomic mass is 9.93. The topological polar surface area (TPSA) is 49.0 Å². The van der Waals surface area contributed by atoms with Crippen LogP contribution < -0.4 is 0 Å². The molecule has 3 heterocycles. The van der Waals surface area contributed by atoms with E-state index in [2.05, 4.69) is 11.1 Å². The van der Waals surface area contributed by atoms with Crippen LogP contribution in [0.5, 0.6) is 0 Å². The average Bonchev–Trinajstić information content (AvgIpc) is 3.27. The summed E-state index contributed by atoms with van der Waals surface area (Å²) in [7, 11) is 0. The molecule has 1 amide bonds. The van der Waals surface area contributed by atoms with Gasteiger partial charge in [0.1, 0.15) is 0 Å². The quantitative estimate of drug-likeness (QED) is 0.452. The van der Waals surface area contributed by atoms with Crippen LogP contribution in [0.2, 0.25) is 5.02 Å². The molecule has 1 unspecified atom stereocenters. The van der Waals surface area contributed by atoms with E-state index in [1.807, 2.05) is 71.8 Å². The second-order valence-electron chi connectivity index (χ2n) is 7.83. The van der Waals surface area contributed by atoms with Crippen molar-refractivity contribution in [3.63, 3.8) is 0 Å². The molecule has 30 heavy (non-hydrogen) atoms. The van der Waals surface area contributed by atoms with Crippen molar-refractivity contribution < 1.29 is 4.79 Å². The highest BCUT2D eigenvalue weighted by Crippen LogP contribution is 2.29. The zero-order valence-electron chi connectivity index (χ0n) is 16.5. The number of hydrogen-bond donors (Lipinski definition) is 1. The Bertz CT molecular complexity index is 1220. The van der Waals surface area contributed by atoms with E-state index in [0.29, 0.717) is 11.6 Å². The number of rotatable bonds is 3. The van der Waals surface area contributed by atoms with E-state index in [-0.39, 0.29) is 11.8 Å². The largest absolute Gasteiger partial charge is 0.361 e. The summed E-state index contributed by atoms with van der Waals surface area (Å²) in [5, 5.41) is 1.76. The first-order valence-electron chi connectivity index (χ1n) is 10.3. The smallest absolute Gasteiger partial charge is 0.253 e. The van der Waals surface area contributed by atoms with Crippen LogP contribution in [-0.4, -0.2) is 33.9 Å². The highest BCUT2D eigenvalue weighted by Gasteiger charge is 2.26. The first kappa shape index (κ1) is 18.9. The lowest BCUT2D eigenvalue weighted by Gasteiger charge is -2.32. The molecule has 5 rings (SSSR count). The fourth-order valence-electron chi connectivity index (χ4n) is 4.26. The molecule has 1 N–H and O–H groups in total. The van der Waals surface area contributed by atoms with Crippen LogP contribution in [0.1, 0.15) is 34.8 Å². The maximum absolute atomic E-state index is 13.1. The van der Waals surface area contributed by atoms with Crippen LogP contribution in [0.25, 0.3) is 22.2 Å². The third-order valence-electron chi connectivity index (χ3n) is 5.82. The Morgan fingerprint density at radius 1 is 1.07 bits per heavy atom. The summed E-state index contributed by atoms with van der Waals surface area (Å²) >= 11 is 6.15. The number of carbonyl (C=O) groups is 1. The van der Waals surface area contributed by atoms with Crippen molar-refractivity contribution in [2.75, 3.05) is 13.1 Å². The first-order chi connectivity index (χ1) is 14.7. The molecular formula is C25H22ClN3O. The van der Waals surface area contributed by atoms with Crippen LogP contribution in [-0.2, 0) is 0 Å². The number of amides is 1. The monoisotopic (exact) mass is 415 g/mol. The van der Waals surface area contributed by atoms with Crippen LogP contribution in [0.15, 0.2) is 72.9 Å². The Kier molecular flexibility index (Phi) is 5.01. The maximum Gasteiger partial charge on any atom is 0.253 e. The van der Waals surface area contributed by atoms with E-state index in [4.69, 9.17) is 16.6 Å². The molecule has 2 aromatic heterocycles. The summed E-state index contributed by atoms with van der Waals surface area (Å²) < 4.78 is 0. The molecule has 0 aliphatic carbocycles. The van der Waals surface area contributed by atoms with Crippen molar-refractivity contribution in [1.29, 1.82) is 0 Å². The number of nitrogens with zero attached hydrogens (tertiary/aromatic N) is 2. The predicted molar refractivity (Wildman–Crippen MR) is 121 cm³/mol. The zero-order chi connectivity index (χ0) is 20.5. The molecular weight excluding hydrogens is 394 g/mol. The molecule has 0 bridgehead atoms. The Labute approximate surface area is 180 Å². The lowest BCUT2D eigenvalue weighted by molar-refractivity contribution is 0.0706. The standard InChI is InChI=1S/C25H22ClN3O/c26-21-6-1-4-17(15-21)23-7-2-8-24(28-23)20-5-3-13-29(16-20)25(30)19-9-10-22-18(14-19)11-12-27-22/h1-2,4,6-12,14-15,20,27H,3,5,13,16H2. The number of hydrogen-bond acceptors (Lipinski definition) is 2. The Balaban J connectivity index is 1.37. The van der Waals surface area contributed by atoms with Gasteiger partial charge in [-0.25, -0.2) is 0 Å². The van der Waals surface area contributed by atoms with Gasteiger partial charge in [0, 0.05) is 58.0 Å². The van der Waals surface area contributed by atoms with Crippen LogP contribution >= 0.6 is 11.6 Å². The fourth-order valence-corrected chi connectivity index (χ4v) is 4.45. The molecule has 1 saturated heterocycles. The maximum atomic E-state index is 13.1. The summed E-state index contributed by atoms with van der Waals surface area (Å²) in [5.74, 6) is 0.326. The number of halogens is 1. The van der Waals surface area contributed by atoms with Gasteiger partial charge in [0.05, 0.1) is 5.69 Å². The van der Waals surface area contributed by atoms with Gasteiger partial charge < -0.3 is 9.88 Å². The van der Waals surface area contributed by atoms with Crippen molar-refractivity contribution in [1.82, 2.24) is 14.9 Å². The molecule has 1 aliphatic rings. The predicted octanol–water partition coefficient (Wildman–Crippen LogP) is 5.90. The van der Waals surface area contributed by atoms with Gasteiger partial charge >= 0.3 is 0 Å². The van der Waals surface area contributed by atoms with Crippen molar-refractivity contribution in [3.8, 4) is 11.3 Å². The van der Waals surface area contributed by atoms with Crippen molar-refractivity contribution in [2.24, 2.45) is 0 Å². The van der Waals surface area contributed by atoms with Crippen molar-refractivity contribution >= 4 is 28.4 Å². The number of H-pyrrole nitrogens is 1. The van der Waals surface area contributed by atoms with E-state index in [9.17, 15) is 4.79 Å². The number of fused-ring (bicyclic) bond motifs is 1. The Morgan fingerprint density at radius 3 is 2.87 bits per heavy atom. The Morgan fingerprint density at radius 2 is 1.97 bits per heavy atom. The van der Waals surface area contributed by atoms with Gasteiger partial charge in [0.25, 0.3) is 5.91 Å². The number of likely N-dealkylation sites (tertiary alicyclic amines) is 1. The number of piperidine rings is 1. The average molecular weight is 416 g/mol. The zero-order valence-corrected chi connectivity index (χ0v) is 17.3. The number of benzene rings is 2. The van der Waals surface area contributed by atoms with E-state index in [0.717, 1.165) is 52.8 Å². The minimum atomic E-state index is 0.0915. The summed E-state index contributed by atoms with van der Waals surface area (Å²) in [4.78, 5) is 23.2. The SMILES string of the molecule is O=C(c1ccc2[nH]ccc2c1)N1CCCC(c2cccc(-c3cccc(Cl)c3)n2)C1. The molecule has 4 aromatic rings. The number of nitrogens with one attached hydrogen (secondary N) is 1. The molecule has 5 heteroatoms. The van der Waals surface area contributed by atoms with Crippen molar-refractivity contribution in [2.45, 2.75) is 18.8 Å². The normalized spacial score (nSPS) is 16.7. The second-order valence-corrected chi connectivity index (χ2v) is 8.26. The van der Waals surface area contributed by atoms with E-state index >= 15 is 0 Å². The van der Waals surface area contributed by atoms with Gasteiger partial charge in [-0.1, -0.05) is 29.8 Å². The van der Waals surface area contributed by atoms with Gasteiger partial charge in [-0.05, 0) is 61.4 Å². The van der Waals surface area contributed by atoms with Gasteiger partial charge in [0.2, 0.25) is 0 Å². The van der Waals surface area contributed by atoms with Crippen LogP contribution in [0, 0.1) is 0 Å². The minimum absolute atomic E-state index is 0.0915. The van der Waals surface area contributed by atoms with E-state index in [1.54, 1.807) is 0 Å². The number of aromatic nitrogens is 2. The van der Waals surface area contributed by atoms with E-state index in [1.165, 1.54) is 0 Å². The first-order valence-corrected chi connectivity index (χ1v) is 10.6. The second kappa shape index (κ2) is 7.96. The van der Waals surface area contributed by atoms with Crippen LogP contribution in [0.3, 0.4) is 0 Å². The highest BCUT2D eigenvalue weighted by molar-refractivity contribution is 6.30. The lowest BCUT2D eigenvalue weighted by Crippen LogP contribution is -2.39. The molecule has 4 nitrogen and oxygen atoms in total.